The van der Waals surface area contributed by atoms with E-state index < -0.39 is 0 Å². The molecule has 0 saturated carbocycles. The monoisotopic (exact) mass is 579 g/mol. The second-order valence-corrected chi connectivity index (χ2v) is 11.5. The van der Waals surface area contributed by atoms with E-state index in [1.54, 1.807) is 12.2 Å². The number of nitrogens with zero attached hydrogens (tertiary/aromatic N) is 4. The minimum atomic E-state index is 0.284. The van der Waals surface area contributed by atoms with Crippen LogP contribution >= 0.6 is 0 Å². The van der Waals surface area contributed by atoms with E-state index in [2.05, 4.69) is 87.7 Å². The van der Waals surface area contributed by atoms with Crippen LogP contribution < -0.4 is 0 Å². The van der Waals surface area contributed by atoms with Crippen LogP contribution in [0.3, 0.4) is 0 Å². The van der Waals surface area contributed by atoms with Crippen molar-refractivity contribution in [3.05, 3.63) is 35.6 Å². The summed E-state index contributed by atoms with van der Waals surface area (Å²) >= 11 is 0. The van der Waals surface area contributed by atoms with E-state index in [0.29, 0.717) is 18.5 Å². The highest BCUT2D eigenvalue weighted by atomic mass is 16.7. The normalized spacial score (nSPS) is 19.4. The number of carbonyl (C=O) groups is 1. The van der Waals surface area contributed by atoms with E-state index in [4.69, 9.17) is 9.57 Å². The van der Waals surface area contributed by atoms with Crippen LogP contribution in [0.2, 0.25) is 0 Å². The number of rotatable bonds is 20. The van der Waals surface area contributed by atoms with E-state index in [0.717, 1.165) is 96.5 Å². The molecule has 0 bridgehead atoms. The van der Waals surface area contributed by atoms with Gasteiger partial charge in [0.25, 0.3) is 0 Å². The summed E-state index contributed by atoms with van der Waals surface area (Å²) in [5.74, 6) is 1.74. The largest absolute Gasteiger partial charge is 0.494 e. The average molecular weight is 579 g/mol. The molecule has 1 aliphatic carbocycles. The lowest BCUT2D eigenvalue weighted by molar-refractivity contribution is -0.133. The number of hydrogen-bond acceptors (Lipinski definition) is 6. The summed E-state index contributed by atoms with van der Waals surface area (Å²) in [7, 11) is 7.73. The van der Waals surface area contributed by atoms with Crippen molar-refractivity contribution in [1.82, 2.24) is 19.8 Å². The van der Waals surface area contributed by atoms with Crippen molar-refractivity contribution in [2.75, 3.05) is 74.1 Å². The fraction of sp³-hybridized carbons (Fsp3) is 0.794. The van der Waals surface area contributed by atoms with Gasteiger partial charge in [-0.1, -0.05) is 58.8 Å². The van der Waals surface area contributed by atoms with Gasteiger partial charge in [-0.15, -0.1) is 0 Å². The molecule has 0 saturated heterocycles. The molecule has 1 rings (SSSR count). The topological polar surface area (TPSA) is 48.5 Å². The molecular formula is C34H66N4O3. The van der Waals surface area contributed by atoms with Gasteiger partial charge in [-0.25, -0.2) is 0 Å². The molecule has 1 amide bonds. The summed E-state index contributed by atoms with van der Waals surface area (Å²) < 4.78 is 6.04. The molecule has 2 atom stereocenters. The first-order valence-corrected chi connectivity index (χ1v) is 16.2. The summed E-state index contributed by atoms with van der Waals surface area (Å²) in [5, 5.41) is 1.75. The highest BCUT2D eigenvalue weighted by molar-refractivity contribution is 5.78. The fourth-order valence-electron chi connectivity index (χ4n) is 4.61. The Morgan fingerprint density at radius 1 is 1.00 bits per heavy atom. The number of amides is 1. The maximum absolute atomic E-state index is 13.2. The van der Waals surface area contributed by atoms with Gasteiger partial charge in [0.15, 0.2) is 0 Å². The van der Waals surface area contributed by atoms with Crippen molar-refractivity contribution >= 4 is 5.91 Å². The van der Waals surface area contributed by atoms with Gasteiger partial charge in [0.05, 0.1) is 20.3 Å². The van der Waals surface area contributed by atoms with Gasteiger partial charge in [-0.2, -0.15) is 5.06 Å². The van der Waals surface area contributed by atoms with Crippen LogP contribution in [0.1, 0.15) is 92.9 Å². The highest BCUT2D eigenvalue weighted by Gasteiger charge is 2.21. The Bertz CT molecular complexity index is 746. The first-order chi connectivity index (χ1) is 19.6. The SMILES string of the molecule is CCCCOC1=C/C/C=C/C(CC[C@H](C)N(CC)CC(=O)N(CCCC)CCCN(C)C)/C=C\1C.CCN(C)OC. The zero-order chi connectivity index (χ0) is 31.0. The van der Waals surface area contributed by atoms with Crippen LogP contribution in [0.25, 0.3) is 0 Å². The average Bonchev–Trinajstić information content (AvgIpc) is 2.95. The standard InChI is InChI=1S/C30H55N3O2.C4H11NO/c1-8-11-21-33(22-15-20-31(6)7)30(34)25-32(10-3)27(5)18-19-28-16-13-14-17-29(26(4)24-28)35-23-12-9-2;1-4-5(2)6-3/h13,16-17,24,27-28H,8-12,14-15,18-23,25H2,1-7H3;4H2,1-3H3/b16-13+,26-24-,29-17+;/t27-,28?;/m0./s1. The summed E-state index contributed by atoms with van der Waals surface area (Å²) in [4.78, 5) is 24.6. The van der Waals surface area contributed by atoms with Crippen molar-refractivity contribution in [3.8, 4) is 0 Å². The second-order valence-electron chi connectivity index (χ2n) is 11.5. The molecule has 7 nitrogen and oxygen atoms in total. The van der Waals surface area contributed by atoms with Gasteiger partial charge in [-0.3, -0.25) is 9.69 Å². The summed E-state index contributed by atoms with van der Waals surface area (Å²) in [6, 6.07) is 0.377. The van der Waals surface area contributed by atoms with Crippen molar-refractivity contribution in [3.63, 3.8) is 0 Å². The van der Waals surface area contributed by atoms with Crippen molar-refractivity contribution in [2.45, 2.75) is 99.0 Å². The minimum absolute atomic E-state index is 0.284. The molecule has 0 aliphatic heterocycles. The smallest absolute Gasteiger partial charge is 0.236 e. The maximum Gasteiger partial charge on any atom is 0.236 e. The number of allylic oxidation sites excluding steroid dienone is 5. The van der Waals surface area contributed by atoms with Gasteiger partial charge in [0.2, 0.25) is 5.91 Å². The first kappa shape index (κ1) is 39.3. The van der Waals surface area contributed by atoms with Gasteiger partial charge in [0, 0.05) is 32.7 Å². The van der Waals surface area contributed by atoms with Gasteiger partial charge >= 0.3 is 0 Å². The molecular weight excluding hydrogens is 512 g/mol. The second kappa shape index (κ2) is 24.9. The fourth-order valence-corrected chi connectivity index (χ4v) is 4.61. The van der Waals surface area contributed by atoms with E-state index in [9.17, 15) is 4.79 Å². The van der Waals surface area contributed by atoms with E-state index in [-0.39, 0.29) is 5.91 Å². The minimum Gasteiger partial charge on any atom is -0.494 e. The summed E-state index contributed by atoms with van der Waals surface area (Å²) in [6.07, 6.45) is 17.7. The third kappa shape index (κ3) is 19.2. The van der Waals surface area contributed by atoms with Crippen LogP contribution in [-0.4, -0.2) is 106 Å². The van der Waals surface area contributed by atoms with Gasteiger partial charge in [-0.05, 0) is 97.1 Å². The summed E-state index contributed by atoms with van der Waals surface area (Å²) in [5.41, 5.74) is 1.25. The molecule has 0 N–H and O–H groups in total. The highest BCUT2D eigenvalue weighted by Crippen LogP contribution is 2.23. The van der Waals surface area contributed by atoms with E-state index in [1.807, 2.05) is 14.0 Å². The lowest BCUT2D eigenvalue weighted by Crippen LogP contribution is -2.44. The number of hydroxylamine groups is 2. The van der Waals surface area contributed by atoms with Crippen LogP contribution in [0, 0.1) is 5.92 Å². The Labute approximate surface area is 254 Å². The quantitative estimate of drug-likeness (QED) is 0.0902. The molecule has 0 aromatic heterocycles. The molecule has 0 aromatic carbocycles. The molecule has 0 aromatic rings. The lowest BCUT2D eigenvalue weighted by atomic mass is 9.94. The molecule has 0 spiro atoms. The summed E-state index contributed by atoms with van der Waals surface area (Å²) in [6.45, 7) is 19.0. The third-order valence-electron chi connectivity index (χ3n) is 7.64. The Morgan fingerprint density at radius 3 is 2.24 bits per heavy atom. The molecule has 0 fully saturated rings. The molecule has 0 heterocycles. The van der Waals surface area contributed by atoms with Crippen molar-refractivity contribution in [1.29, 1.82) is 0 Å². The Kier molecular flexibility index (Phi) is 23.9. The zero-order valence-corrected chi connectivity index (χ0v) is 28.6. The van der Waals surface area contributed by atoms with Crippen molar-refractivity contribution < 1.29 is 14.4 Å². The van der Waals surface area contributed by atoms with Gasteiger partial charge in [0.1, 0.15) is 5.76 Å². The van der Waals surface area contributed by atoms with Crippen LogP contribution in [0.4, 0.5) is 0 Å². The number of ether oxygens (including phenoxy) is 1. The Morgan fingerprint density at radius 2 is 1.68 bits per heavy atom. The molecule has 1 aliphatic rings. The molecule has 240 valence electrons. The maximum atomic E-state index is 13.2. The Balaban J connectivity index is 0.00000239. The molecule has 1 unspecified atom stereocenters. The number of unbranched alkanes of at least 4 members (excludes halogenated alkanes) is 2. The molecule has 0 radical (unpaired) electrons. The number of carbonyl (C=O) groups excluding carboxylic acids is 1. The van der Waals surface area contributed by atoms with Crippen LogP contribution in [-0.2, 0) is 14.4 Å². The number of hydrogen-bond donors (Lipinski definition) is 0. The molecule has 7 heteroatoms. The van der Waals surface area contributed by atoms with Crippen LogP contribution in [0.15, 0.2) is 35.6 Å². The van der Waals surface area contributed by atoms with Gasteiger partial charge < -0.3 is 19.4 Å². The third-order valence-corrected chi connectivity index (χ3v) is 7.64. The van der Waals surface area contributed by atoms with Crippen LogP contribution in [0.5, 0.6) is 0 Å². The zero-order valence-electron chi connectivity index (χ0n) is 28.6. The predicted octanol–water partition coefficient (Wildman–Crippen LogP) is 6.78. The lowest BCUT2D eigenvalue weighted by Gasteiger charge is -2.31. The van der Waals surface area contributed by atoms with E-state index in [1.165, 1.54) is 5.57 Å². The molecule has 41 heavy (non-hydrogen) atoms. The van der Waals surface area contributed by atoms with E-state index >= 15 is 0 Å². The Hall–Kier alpha value is -1.67. The first-order valence-electron chi connectivity index (χ1n) is 16.2. The number of likely N-dealkylation sites (N-methyl/N-ethyl adjacent to an activating group) is 1. The predicted molar refractivity (Wildman–Crippen MR) is 176 cm³/mol. The van der Waals surface area contributed by atoms with Crippen molar-refractivity contribution in [2.24, 2.45) is 5.92 Å².